The van der Waals surface area contributed by atoms with Crippen LogP contribution in [-0.4, -0.2) is 46.6 Å². The molecule has 194 valence electrons. The molecule has 0 bridgehead atoms. The van der Waals surface area contributed by atoms with Crippen LogP contribution in [0, 0.1) is 22.0 Å². The average molecular weight is 498 g/mol. The summed E-state index contributed by atoms with van der Waals surface area (Å²) in [6.45, 7) is 4.45. The van der Waals surface area contributed by atoms with E-state index >= 15 is 0 Å². The standard InChI is InChI=1S/C27H35N3O6/c1-3-18(2)26(36-17-19-11-6-4-7-12-19)22-24(27(33)28-16-10-15-21(31)32)29-23(25(22)30(34)35)20-13-8-5-9-14-20/h4-9,11-14,18,22-26,29H,3,10,15-17H2,1-2H3,(H,28,33)(H,31,32)/t18-,22?,23-,24-,25?,26?/m0/s1. The quantitative estimate of drug-likeness (QED) is 0.219. The van der Waals surface area contributed by atoms with Gasteiger partial charge in [0.05, 0.1) is 24.7 Å². The average Bonchev–Trinajstić information content (AvgIpc) is 3.28. The van der Waals surface area contributed by atoms with Gasteiger partial charge in [-0.2, -0.15) is 0 Å². The Morgan fingerprint density at radius 1 is 1.14 bits per heavy atom. The van der Waals surface area contributed by atoms with E-state index in [2.05, 4.69) is 10.6 Å². The second-order valence-electron chi connectivity index (χ2n) is 9.32. The van der Waals surface area contributed by atoms with Gasteiger partial charge in [-0.05, 0) is 23.5 Å². The Hall–Kier alpha value is -3.30. The molecule has 1 fully saturated rings. The topological polar surface area (TPSA) is 131 Å². The molecule has 0 radical (unpaired) electrons. The van der Waals surface area contributed by atoms with E-state index in [1.807, 2.05) is 74.5 Å². The first-order valence-corrected chi connectivity index (χ1v) is 12.4. The number of hydrogen-bond donors (Lipinski definition) is 3. The highest BCUT2D eigenvalue weighted by atomic mass is 16.6. The summed E-state index contributed by atoms with van der Waals surface area (Å²) in [5.41, 5.74) is 1.68. The highest BCUT2D eigenvalue weighted by molar-refractivity contribution is 5.83. The lowest BCUT2D eigenvalue weighted by Gasteiger charge is -2.32. The Morgan fingerprint density at radius 2 is 1.78 bits per heavy atom. The molecule has 2 aromatic carbocycles. The van der Waals surface area contributed by atoms with Gasteiger partial charge >= 0.3 is 5.97 Å². The number of nitrogens with one attached hydrogen (secondary N) is 2. The van der Waals surface area contributed by atoms with E-state index in [9.17, 15) is 19.7 Å². The lowest BCUT2D eigenvalue weighted by atomic mass is 9.80. The molecular formula is C27H35N3O6. The SMILES string of the molecule is CC[C@H](C)C(OCc1ccccc1)C1C([N+](=O)[O-])[C@H](c2ccccc2)N[C@@H]1C(=O)NCCCC(=O)O. The molecule has 9 heteroatoms. The Kier molecular flexibility index (Phi) is 9.95. The van der Waals surface area contributed by atoms with Crippen molar-refractivity contribution >= 4 is 11.9 Å². The van der Waals surface area contributed by atoms with Crippen molar-refractivity contribution in [2.75, 3.05) is 6.54 Å². The maximum atomic E-state index is 13.3. The van der Waals surface area contributed by atoms with Gasteiger partial charge < -0.3 is 15.2 Å². The van der Waals surface area contributed by atoms with Crippen molar-refractivity contribution < 1.29 is 24.4 Å². The third-order valence-corrected chi connectivity index (χ3v) is 6.90. The molecule has 3 rings (SSSR count). The number of amides is 1. The third kappa shape index (κ3) is 6.89. The Bertz CT molecular complexity index is 1000. The smallest absolute Gasteiger partial charge is 0.303 e. The van der Waals surface area contributed by atoms with Crippen molar-refractivity contribution in [1.82, 2.24) is 10.6 Å². The molecule has 0 spiro atoms. The van der Waals surface area contributed by atoms with Gasteiger partial charge in [0.2, 0.25) is 11.9 Å². The summed E-state index contributed by atoms with van der Waals surface area (Å²) in [6.07, 6.45) is 0.380. The van der Waals surface area contributed by atoms with Crippen molar-refractivity contribution in [3.8, 4) is 0 Å². The minimum absolute atomic E-state index is 0.0419. The molecule has 1 amide bonds. The molecule has 0 aromatic heterocycles. The molecule has 36 heavy (non-hydrogen) atoms. The van der Waals surface area contributed by atoms with Crippen LogP contribution in [-0.2, 0) is 20.9 Å². The van der Waals surface area contributed by atoms with Crippen LogP contribution < -0.4 is 10.6 Å². The Morgan fingerprint density at radius 3 is 2.36 bits per heavy atom. The lowest BCUT2D eigenvalue weighted by molar-refractivity contribution is -0.535. The van der Waals surface area contributed by atoms with E-state index in [4.69, 9.17) is 9.84 Å². The first-order valence-electron chi connectivity index (χ1n) is 12.4. The Balaban J connectivity index is 1.93. The molecule has 1 aliphatic heterocycles. The molecule has 1 heterocycles. The highest BCUT2D eigenvalue weighted by Crippen LogP contribution is 2.39. The number of rotatable bonds is 13. The van der Waals surface area contributed by atoms with E-state index < -0.39 is 36.1 Å². The number of hydrogen-bond acceptors (Lipinski definition) is 6. The van der Waals surface area contributed by atoms with Crippen LogP contribution >= 0.6 is 0 Å². The van der Waals surface area contributed by atoms with E-state index in [0.29, 0.717) is 0 Å². The molecule has 2 aromatic rings. The van der Waals surface area contributed by atoms with Crippen LogP contribution in [0.5, 0.6) is 0 Å². The van der Waals surface area contributed by atoms with Gasteiger partial charge in [0.25, 0.3) is 0 Å². The van der Waals surface area contributed by atoms with E-state index in [1.165, 1.54) is 0 Å². The maximum Gasteiger partial charge on any atom is 0.303 e. The molecule has 6 atom stereocenters. The number of carbonyl (C=O) groups excluding carboxylic acids is 1. The van der Waals surface area contributed by atoms with Gasteiger partial charge in [-0.25, -0.2) is 0 Å². The normalized spacial score (nSPS) is 23.1. The number of ether oxygens (including phenoxy) is 1. The summed E-state index contributed by atoms with van der Waals surface area (Å²) in [4.78, 5) is 36.4. The van der Waals surface area contributed by atoms with Gasteiger partial charge in [0, 0.05) is 17.9 Å². The van der Waals surface area contributed by atoms with Crippen LogP contribution in [0.3, 0.4) is 0 Å². The summed E-state index contributed by atoms with van der Waals surface area (Å²) >= 11 is 0. The van der Waals surface area contributed by atoms with Crippen molar-refractivity contribution in [2.45, 2.75) is 63.9 Å². The summed E-state index contributed by atoms with van der Waals surface area (Å²) in [5, 5.41) is 27.4. The fourth-order valence-electron chi connectivity index (χ4n) is 4.89. The van der Waals surface area contributed by atoms with Gasteiger partial charge in [-0.15, -0.1) is 0 Å². The molecule has 0 aliphatic carbocycles. The number of benzene rings is 2. The molecular weight excluding hydrogens is 462 g/mol. The summed E-state index contributed by atoms with van der Waals surface area (Å²) in [6, 6.07) is 16.1. The third-order valence-electron chi connectivity index (χ3n) is 6.90. The molecule has 3 N–H and O–H groups in total. The minimum atomic E-state index is -1.09. The van der Waals surface area contributed by atoms with E-state index in [1.54, 1.807) is 0 Å². The number of carboxylic acid groups (broad SMARTS) is 1. The summed E-state index contributed by atoms with van der Waals surface area (Å²) < 4.78 is 6.36. The zero-order chi connectivity index (χ0) is 26.1. The summed E-state index contributed by atoms with van der Waals surface area (Å²) in [5.74, 6) is -2.10. The van der Waals surface area contributed by atoms with Crippen LogP contribution in [0.4, 0.5) is 0 Å². The maximum absolute atomic E-state index is 13.3. The molecule has 0 saturated carbocycles. The van der Waals surface area contributed by atoms with E-state index in [0.717, 1.165) is 17.5 Å². The number of nitrogens with zero attached hydrogens (tertiary/aromatic N) is 1. The van der Waals surface area contributed by atoms with Gasteiger partial charge in [-0.1, -0.05) is 80.9 Å². The van der Waals surface area contributed by atoms with Crippen molar-refractivity contribution in [2.24, 2.45) is 11.8 Å². The summed E-state index contributed by atoms with van der Waals surface area (Å²) in [7, 11) is 0. The predicted octanol–water partition coefficient (Wildman–Crippen LogP) is 3.57. The zero-order valence-electron chi connectivity index (χ0n) is 20.7. The Labute approximate surface area is 211 Å². The van der Waals surface area contributed by atoms with E-state index in [-0.39, 0.29) is 42.7 Å². The number of carboxylic acids is 1. The van der Waals surface area contributed by atoms with Crippen LogP contribution in [0.1, 0.15) is 50.3 Å². The fourth-order valence-corrected chi connectivity index (χ4v) is 4.89. The second kappa shape index (κ2) is 13.1. The predicted molar refractivity (Wildman–Crippen MR) is 135 cm³/mol. The van der Waals surface area contributed by atoms with Crippen molar-refractivity contribution in [3.05, 3.63) is 81.9 Å². The van der Waals surface area contributed by atoms with Crippen molar-refractivity contribution in [3.63, 3.8) is 0 Å². The van der Waals surface area contributed by atoms with Gasteiger partial charge in [-0.3, -0.25) is 25.0 Å². The van der Waals surface area contributed by atoms with Crippen molar-refractivity contribution in [1.29, 1.82) is 0 Å². The zero-order valence-corrected chi connectivity index (χ0v) is 20.7. The molecule has 3 unspecified atom stereocenters. The highest BCUT2D eigenvalue weighted by Gasteiger charge is 2.57. The van der Waals surface area contributed by atoms with Crippen LogP contribution in [0.25, 0.3) is 0 Å². The largest absolute Gasteiger partial charge is 0.481 e. The van der Waals surface area contributed by atoms with Gasteiger partial charge in [0.15, 0.2) is 0 Å². The molecule has 9 nitrogen and oxygen atoms in total. The molecule has 1 aliphatic rings. The monoisotopic (exact) mass is 497 g/mol. The fraction of sp³-hybridized carbons (Fsp3) is 0.481. The first-order chi connectivity index (χ1) is 17.3. The number of nitro groups is 1. The lowest BCUT2D eigenvalue weighted by Crippen LogP contribution is -2.51. The first kappa shape index (κ1) is 27.3. The second-order valence-corrected chi connectivity index (χ2v) is 9.32. The van der Waals surface area contributed by atoms with Crippen LogP contribution in [0.15, 0.2) is 60.7 Å². The molecule has 1 saturated heterocycles. The van der Waals surface area contributed by atoms with Gasteiger partial charge in [0.1, 0.15) is 6.04 Å². The minimum Gasteiger partial charge on any atom is -0.481 e. The number of carbonyl (C=O) groups is 2. The van der Waals surface area contributed by atoms with Crippen LogP contribution in [0.2, 0.25) is 0 Å². The number of aliphatic carboxylic acids is 1.